The third-order valence-electron chi connectivity index (χ3n) is 4.96. The molecule has 19 heavy (non-hydrogen) atoms. The Kier molecular flexibility index (Phi) is 7.47. The fourth-order valence-corrected chi connectivity index (χ4v) is 3.23. The first-order valence-electron chi connectivity index (χ1n) is 7.81. The molecule has 112 valence electrons. The predicted molar refractivity (Wildman–Crippen MR) is 93.1 cm³/mol. The molecule has 3 N–H and O–H groups in total. The molecule has 0 aromatic heterocycles. The van der Waals surface area contributed by atoms with Gasteiger partial charge in [0.05, 0.1) is 0 Å². The third-order valence-corrected chi connectivity index (χ3v) is 4.96. The Labute approximate surface area is 135 Å². The number of aliphatic imine (C=N–C) groups is 1. The number of guanidine groups is 1. The Morgan fingerprint density at radius 3 is 2.26 bits per heavy atom. The molecule has 0 bridgehead atoms. The maximum Gasteiger partial charge on any atom is 0.188 e. The van der Waals surface area contributed by atoms with Crippen LogP contribution in [0.4, 0.5) is 0 Å². The van der Waals surface area contributed by atoms with Gasteiger partial charge in [0.1, 0.15) is 0 Å². The standard InChI is InChI=1S/C15H29N3.HI/c1-2-15(10-7-11-15)12-17-14(16)18-13-8-5-3-4-6-9-13;/h13H,2-12H2,1H3,(H3,16,17,18);1H. The number of nitrogens with one attached hydrogen (secondary N) is 1. The van der Waals surface area contributed by atoms with Gasteiger partial charge in [-0.2, -0.15) is 0 Å². The predicted octanol–water partition coefficient (Wildman–Crippen LogP) is 3.81. The van der Waals surface area contributed by atoms with Gasteiger partial charge in [-0.15, -0.1) is 24.0 Å². The average Bonchev–Trinajstić information content (AvgIpc) is 2.57. The summed E-state index contributed by atoms with van der Waals surface area (Å²) < 4.78 is 0. The Bertz CT molecular complexity index is 274. The van der Waals surface area contributed by atoms with Crippen molar-refractivity contribution in [3.63, 3.8) is 0 Å². The van der Waals surface area contributed by atoms with Crippen LogP contribution in [0.5, 0.6) is 0 Å². The van der Waals surface area contributed by atoms with Gasteiger partial charge >= 0.3 is 0 Å². The van der Waals surface area contributed by atoms with Gasteiger partial charge in [0.25, 0.3) is 0 Å². The van der Waals surface area contributed by atoms with Crippen molar-refractivity contribution in [2.75, 3.05) is 6.54 Å². The van der Waals surface area contributed by atoms with Gasteiger partial charge in [-0.1, -0.05) is 39.0 Å². The first-order chi connectivity index (χ1) is 8.74. The highest BCUT2D eigenvalue weighted by molar-refractivity contribution is 14.0. The molecule has 2 aliphatic carbocycles. The maximum atomic E-state index is 6.04. The number of nitrogens with zero attached hydrogens (tertiary/aromatic N) is 1. The van der Waals surface area contributed by atoms with Crippen molar-refractivity contribution in [1.82, 2.24) is 5.32 Å². The van der Waals surface area contributed by atoms with E-state index in [1.54, 1.807) is 0 Å². The van der Waals surface area contributed by atoms with Crippen molar-refractivity contribution in [3.8, 4) is 0 Å². The zero-order valence-corrected chi connectivity index (χ0v) is 14.6. The Morgan fingerprint density at radius 1 is 1.16 bits per heavy atom. The van der Waals surface area contributed by atoms with E-state index in [0.29, 0.717) is 17.4 Å². The molecule has 0 radical (unpaired) electrons. The molecule has 2 aliphatic rings. The molecule has 0 heterocycles. The second-order valence-corrected chi connectivity index (χ2v) is 6.24. The largest absolute Gasteiger partial charge is 0.370 e. The van der Waals surface area contributed by atoms with Gasteiger partial charge in [-0.05, 0) is 37.5 Å². The second kappa shape index (κ2) is 8.32. The zero-order chi connectivity index (χ0) is 12.8. The van der Waals surface area contributed by atoms with E-state index >= 15 is 0 Å². The van der Waals surface area contributed by atoms with E-state index in [-0.39, 0.29) is 24.0 Å². The molecule has 2 saturated carbocycles. The second-order valence-electron chi connectivity index (χ2n) is 6.24. The van der Waals surface area contributed by atoms with Crippen LogP contribution in [-0.2, 0) is 0 Å². The fraction of sp³-hybridized carbons (Fsp3) is 0.933. The van der Waals surface area contributed by atoms with Crippen molar-refractivity contribution in [2.45, 2.75) is 77.2 Å². The van der Waals surface area contributed by atoms with Gasteiger partial charge in [0.15, 0.2) is 5.96 Å². The minimum absolute atomic E-state index is 0. The highest BCUT2D eigenvalue weighted by Crippen LogP contribution is 2.43. The number of hydrogen-bond acceptors (Lipinski definition) is 1. The van der Waals surface area contributed by atoms with E-state index in [1.807, 2.05) is 0 Å². The number of nitrogens with two attached hydrogens (primary N) is 1. The summed E-state index contributed by atoms with van der Waals surface area (Å²) >= 11 is 0. The maximum absolute atomic E-state index is 6.04. The molecule has 0 atom stereocenters. The smallest absolute Gasteiger partial charge is 0.188 e. The van der Waals surface area contributed by atoms with Gasteiger partial charge in [0, 0.05) is 12.6 Å². The molecule has 0 aromatic rings. The lowest BCUT2D eigenvalue weighted by Gasteiger charge is -2.40. The van der Waals surface area contributed by atoms with Gasteiger partial charge < -0.3 is 11.1 Å². The van der Waals surface area contributed by atoms with Crippen LogP contribution in [0.15, 0.2) is 4.99 Å². The Hall–Kier alpha value is 0. The number of hydrogen-bond donors (Lipinski definition) is 2. The molecule has 2 rings (SSSR count). The molecule has 0 unspecified atom stereocenters. The van der Waals surface area contributed by atoms with Gasteiger partial charge in [-0.25, -0.2) is 0 Å². The van der Waals surface area contributed by atoms with E-state index in [1.165, 1.54) is 64.2 Å². The van der Waals surface area contributed by atoms with E-state index < -0.39 is 0 Å². The van der Waals surface area contributed by atoms with Crippen LogP contribution in [0.1, 0.15) is 71.1 Å². The fourth-order valence-electron chi connectivity index (χ4n) is 3.23. The zero-order valence-electron chi connectivity index (χ0n) is 12.3. The lowest BCUT2D eigenvalue weighted by Crippen LogP contribution is -2.41. The minimum Gasteiger partial charge on any atom is -0.370 e. The van der Waals surface area contributed by atoms with E-state index in [4.69, 9.17) is 5.73 Å². The first-order valence-corrected chi connectivity index (χ1v) is 7.81. The average molecular weight is 379 g/mol. The Balaban J connectivity index is 0.00000180. The van der Waals surface area contributed by atoms with Crippen LogP contribution in [0.25, 0.3) is 0 Å². The van der Waals surface area contributed by atoms with Gasteiger partial charge in [-0.3, -0.25) is 4.99 Å². The first kappa shape index (κ1) is 17.1. The topological polar surface area (TPSA) is 50.4 Å². The van der Waals surface area contributed by atoms with Crippen LogP contribution in [-0.4, -0.2) is 18.5 Å². The number of halogens is 1. The summed E-state index contributed by atoms with van der Waals surface area (Å²) in [4.78, 5) is 4.60. The normalized spacial score (nSPS) is 23.9. The van der Waals surface area contributed by atoms with Crippen molar-refractivity contribution in [1.29, 1.82) is 0 Å². The van der Waals surface area contributed by atoms with E-state index in [0.717, 1.165) is 6.54 Å². The van der Waals surface area contributed by atoms with E-state index in [9.17, 15) is 0 Å². The highest BCUT2D eigenvalue weighted by Gasteiger charge is 2.34. The van der Waals surface area contributed by atoms with Crippen LogP contribution in [0.2, 0.25) is 0 Å². The van der Waals surface area contributed by atoms with Crippen LogP contribution < -0.4 is 11.1 Å². The van der Waals surface area contributed by atoms with Crippen molar-refractivity contribution < 1.29 is 0 Å². The number of rotatable bonds is 4. The molecule has 0 amide bonds. The molecular formula is C15H30IN3. The van der Waals surface area contributed by atoms with Crippen LogP contribution in [0.3, 0.4) is 0 Å². The summed E-state index contributed by atoms with van der Waals surface area (Å²) in [6.07, 6.45) is 13.3. The summed E-state index contributed by atoms with van der Waals surface area (Å²) in [5, 5.41) is 3.43. The lowest BCUT2D eigenvalue weighted by molar-refractivity contribution is 0.139. The highest BCUT2D eigenvalue weighted by atomic mass is 127. The molecular weight excluding hydrogens is 349 g/mol. The summed E-state index contributed by atoms with van der Waals surface area (Å²) in [5.41, 5.74) is 6.52. The molecule has 3 nitrogen and oxygen atoms in total. The summed E-state index contributed by atoms with van der Waals surface area (Å²) in [7, 11) is 0. The SMILES string of the molecule is CCC1(CN=C(N)NC2CCCCCC2)CCC1.I. The summed E-state index contributed by atoms with van der Waals surface area (Å²) in [5.74, 6) is 0.682. The molecule has 2 fully saturated rings. The van der Waals surface area contributed by atoms with Crippen molar-refractivity contribution in [3.05, 3.63) is 0 Å². The Morgan fingerprint density at radius 2 is 1.79 bits per heavy atom. The monoisotopic (exact) mass is 379 g/mol. The quantitative estimate of drug-likeness (QED) is 0.338. The molecule has 0 aliphatic heterocycles. The molecule has 0 spiro atoms. The third kappa shape index (κ3) is 5.12. The van der Waals surface area contributed by atoms with Crippen molar-refractivity contribution in [2.24, 2.45) is 16.1 Å². The summed E-state index contributed by atoms with van der Waals surface area (Å²) in [6.45, 7) is 3.21. The molecule has 4 heteroatoms. The van der Waals surface area contributed by atoms with E-state index in [2.05, 4.69) is 17.2 Å². The van der Waals surface area contributed by atoms with Crippen LogP contribution in [0, 0.1) is 5.41 Å². The molecule has 0 aromatic carbocycles. The van der Waals surface area contributed by atoms with Crippen molar-refractivity contribution >= 4 is 29.9 Å². The lowest BCUT2D eigenvalue weighted by atomic mass is 9.67. The summed E-state index contributed by atoms with van der Waals surface area (Å²) in [6, 6.07) is 0.565. The van der Waals surface area contributed by atoms with Crippen LogP contribution >= 0.6 is 24.0 Å². The minimum atomic E-state index is 0. The van der Waals surface area contributed by atoms with Gasteiger partial charge in [0.2, 0.25) is 0 Å². The molecule has 0 saturated heterocycles.